The molecule has 0 unspecified atom stereocenters. The van der Waals surface area contributed by atoms with E-state index in [1.54, 1.807) is 0 Å². The third-order valence-electron chi connectivity index (χ3n) is 5.08. The number of likely N-dealkylation sites (tertiary alicyclic amines) is 1. The van der Waals surface area contributed by atoms with E-state index in [2.05, 4.69) is 17.1 Å². The molecule has 2 saturated carbocycles. The summed E-state index contributed by atoms with van der Waals surface area (Å²) in [6.45, 7) is 5.11. The number of nitrogens with one attached hydrogen (secondary N) is 1. The average molecular weight is 236 g/mol. The second kappa shape index (κ2) is 5.27. The van der Waals surface area contributed by atoms with Crippen molar-refractivity contribution in [3.8, 4) is 0 Å². The summed E-state index contributed by atoms with van der Waals surface area (Å²) in [4.78, 5) is 2.72. The fraction of sp³-hybridized carbons (Fsp3) is 1.00. The highest BCUT2D eigenvalue weighted by Crippen LogP contribution is 2.30. The van der Waals surface area contributed by atoms with Crippen LogP contribution in [-0.4, -0.2) is 36.1 Å². The quantitative estimate of drug-likeness (QED) is 0.810. The Kier molecular flexibility index (Phi) is 3.72. The Morgan fingerprint density at radius 3 is 1.94 bits per heavy atom. The van der Waals surface area contributed by atoms with Gasteiger partial charge in [0.2, 0.25) is 0 Å². The molecule has 1 N–H and O–H groups in total. The normalized spacial score (nSPS) is 37.2. The molecule has 3 rings (SSSR count). The van der Waals surface area contributed by atoms with Crippen molar-refractivity contribution in [1.29, 1.82) is 0 Å². The monoisotopic (exact) mass is 236 g/mol. The minimum atomic E-state index is 0.823. The van der Waals surface area contributed by atoms with E-state index in [0.29, 0.717) is 0 Å². The number of nitrogens with zero attached hydrogens (tertiary/aromatic N) is 1. The average Bonchev–Trinajstić information content (AvgIpc) is 3.17. The first-order valence-electron chi connectivity index (χ1n) is 7.81. The van der Waals surface area contributed by atoms with Gasteiger partial charge in [-0.1, -0.05) is 6.92 Å². The van der Waals surface area contributed by atoms with Crippen LogP contribution < -0.4 is 5.32 Å². The Morgan fingerprint density at radius 2 is 1.35 bits per heavy atom. The van der Waals surface area contributed by atoms with Crippen LogP contribution in [0, 0.1) is 5.92 Å². The van der Waals surface area contributed by atoms with Crippen LogP contribution in [0.4, 0.5) is 0 Å². The summed E-state index contributed by atoms with van der Waals surface area (Å²) in [5, 5.41) is 3.93. The summed E-state index contributed by atoms with van der Waals surface area (Å²) in [6.07, 6.45) is 11.5. The van der Waals surface area contributed by atoms with Gasteiger partial charge in [-0.3, -0.25) is 0 Å². The van der Waals surface area contributed by atoms with Crippen LogP contribution in [0.15, 0.2) is 0 Å². The molecule has 0 spiro atoms. The molecule has 0 aromatic rings. The lowest BCUT2D eigenvalue weighted by atomic mass is 9.86. The highest BCUT2D eigenvalue weighted by Gasteiger charge is 2.32. The third-order valence-corrected chi connectivity index (χ3v) is 5.08. The molecule has 2 aliphatic carbocycles. The van der Waals surface area contributed by atoms with Gasteiger partial charge in [0, 0.05) is 18.1 Å². The van der Waals surface area contributed by atoms with Gasteiger partial charge in [0.25, 0.3) is 0 Å². The van der Waals surface area contributed by atoms with Crippen LogP contribution >= 0.6 is 0 Å². The second-order valence-corrected chi connectivity index (χ2v) is 6.66. The fourth-order valence-corrected chi connectivity index (χ4v) is 3.63. The van der Waals surface area contributed by atoms with Gasteiger partial charge < -0.3 is 10.2 Å². The molecule has 0 radical (unpaired) electrons. The third kappa shape index (κ3) is 3.23. The lowest BCUT2D eigenvalue weighted by Gasteiger charge is -2.36. The molecule has 2 nitrogen and oxygen atoms in total. The van der Waals surface area contributed by atoms with Crippen molar-refractivity contribution in [2.45, 2.75) is 76.4 Å². The predicted octanol–water partition coefficient (Wildman–Crippen LogP) is 2.78. The van der Waals surface area contributed by atoms with Gasteiger partial charge in [-0.25, -0.2) is 0 Å². The molecule has 3 fully saturated rings. The van der Waals surface area contributed by atoms with Gasteiger partial charge in [0.05, 0.1) is 0 Å². The van der Waals surface area contributed by atoms with Crippen molar-refractivity contribution in [3.05, 3.63) is 0 Å². The molecule has 0 bridgehead atoms. The van der Waals surface area contributed by atoms with Crippen molar-refractivity contribution in [3.63, 3.8) is 0 Å². The van der Waals surface area contributed by atoms with Crippen molar-refractivity contribution in [2.75, 3.05) is 13.1 Å². The van der Waals surface area contributed by atoms with Gasteiger partial charge in [-0.2, -0.15) is 0 Å². The van der Waals surface area contributed by atoms with Gasteiger partial charge >= 0.3 is 0 Å². The molecule has 1 heterocycles. The zero-order valence-corrected chi connectivity index (χ0v) is 11.3. The van der Waals surface area contributed by atoms with Crippen LogP contribution in [0.25, 0.3) is 0 Å². The summed E-state index contributed by atoms with van der Waals surface area (Å²) in [7, 11) is 0. The Morgan fingerprint density at radius 1 is 0.765 bits per heavy atom. The van der Waals surface area contributed by atoms with E-state index in [-0.39, 0.29) is 0 Å². The van der Waals surface area contributed by atoms with E-state index >= 15 is 0 Å². The number of hydrogen-bond donors (Lipinski definition) is 1. The summed E-state index contributed by atoms with van der Waals surface area (Å²) in [6, 6.07) is 2.64. The van der Waals surface area contributed by atoms with Gasteiger partial charge in [-0.05, 0) is 70.4 Å². The Bertz CT molecular complexity index is 233. The molecule has 0 aromatic carbocycles. The largest absolute Gasteiger partial charge is 0.311 e. The maximum absolute atomic E-state index is 3.93. The van der Waals surface area contributed by atoms with Crippen LogP contribution in [0.2, 0.25) is 0 Å². The van der Waals surface area contributed by atoms with Crippen LogP contribution in [0.3, 0.4) is 0 Å². The van der Waals surface area contributed by atoms with Gasteiger partial charge in [-0.15, -0.1) is 0 Å². The van der Waals surface area contributed by atoms with Crippen LogP contribution in [-0.2, 0) is 0 Å². The second-order valence-electron chi connectivity index (χ2n) is 6.66. The zero-order valence-electron chi connectivity index (χ0n) is 11.3. The summed E-state index contributed by atoms with van der Waals surface area (Å²) in [5.41, 5.74) is 0. The maximum Gasteiger partial charge on any atom is 0.00964 e. The lowest BCUT2D eigenvalue weighted by molar-refractivity contribution is 0.173. The molecular weight excluding hydrogens is 208 g/mol. The maximum atomic E-state index is 3.93. The van der Waals surface area contributed by atoms with Crippen LogP contribution in [0.5, 0.6) is 0 Å². The number of piperidine rings is 1. The molecule has 1 aliphatic heterocycles. The van der Waals surface area contributed by atoms with E-state index in [0.717, 1.165) is 24.0 Å². The standard InChI is InChI=1S/C15H28N2/c1-12-2-4-13(5-3-12)16-14-8-10-17(11-9-14)15-6-7-15/h12-16H,2-11H2,1H3. The SMILES string of the molecule is CC1CCC(NC2CCN(C3CC3)CC2)CC1. The highest BCUT2D eigenvalue weighted by molar-refractivity contribution is 4.90. The topological polar surface area (TPSA) is 15.3 Å². The Balaban J connectivity index is 1.38. The number of rotatable bonds is 3. The van der Waals surface area contributed by atoms with E-state index in [9.17, 15) is 0 Å². The van der Waals surface area contributed by atoms with Gasteiger partial charge in [0.1, 0.15) is 0 Å². The molecule has 0 aromatic heterocycles. The van der Waals surface area contributed by atoms with E-state index in [1.807, 2.05) is 0 Å². The predicted molar refractivity (Wildman–Crippen MR) is 72.2 cm³/mol. The summed E-state index contributed by atoms with van der Waals surface area (Å²) < 4.78 is 0. The Labute approximate surface area is 106 Å². The van der Waals surface area contributed by atoms with E-state index in [1.165, 1.54) is 64.5 Å². The molecule has 17 heavy (non-hydrogen) atoms. The van der Waals surface area contributed by atoms with Crippen LogP contribution in [0.1, 0.15) is 58.3 Å². The molecule has 0 amide bonds. The fourth-order valence-electron chi connectivity index (χ4n) is 3.63. The lowest BCUT2D eigenvalue weighted by Crippen LogP contribution is -2.47. The van der Waals surface area contributed by atoms with E-state index in [4.69, 9.17) is 0 Å². The Hall–Kier alpha value is -0.0800. The van der Waals surface area contributed by atoms with Crippen molar-refractivity contribution < 1.29 is 0 Å². The smallest absolute Gasteiger partial charge is 0.00964 e. The molecule has 3 aliphatic rings. The first-order chi connectivity index (χ1) is 8.31. The van der Waals surface area contributed by atoms with Crippen molar-refractivity contribution in [2.24, 2.45) is 5.92 Å². The summed E-state index contributed by atoms with van der Waals surface area (Å²) in [5.74, 6) is 0.977. The van der Waals surface area contributed by atoms with E-state index < -0.39 is 0 Å². The first-order valence-corrected chi connectivity index (χ1v) is 7.81. The van der Waals surface area contributed by atoms with Crippen molar-refractivity contribution >= 4 is 0 Å². The summed E-state index contributed by atoms with van der Waals surface area (Å²) >= 11 is 0. The highest BCUT2D eigenvalue weighted by atomic mass is 15.2. The van der Waals surface area contributed by atoms with Crippen molar-refractivity contribution in [1.82, 2.24) is 10.2 Å². The molecule has 1 saturated heterocycles. The molecule has 2 heteroatoms. The minimum Gasteiger partial charge on any atom is -0.311 e. The molecule has 0 atom stereocenters. The zero-order chi connectivity index (χ0) is 11.7. The first kappa shape index (κ1) is 12.0. The molecule has 98 valence electrons. The minimum absolute atomic E-state index is 0.823. The van der Waals surface area contributed by atoms with Gasteiger partial charge in [0.15, 0.2) is 0 Å². The molecular formula is C15H28N2. The number of hydrogen-bond acceptors (Lipinski definition) is 2.